The smallest absolute Gasteiger partial charge is 0.271 e. The van der Waals surface area contributed by atoms with Gasteiger partial charge >= 0.3 is 0 Å². The minimum atomic E-state index is -0.432. The van der Waals surface area contributed by atoms with E-state index in [9.17, 15) is 14.9 Å². The molecule has 1 aromatic heterocycles. The number of fused-ring (bicyclic) bond motifs is 3. The lowest BCUT2D eigenvalue weighted by atomic mass is 9.83. The van der Waals surface area contributed by atoms with Crippen molar-refractivity contribution < 1.29 is 14.4 Å². The predicted octanol–water partition coefficient (Wildman–Crippen LogP) is 5.81. The molecule has 2 heterocycles. The van der Waals surface area contributed by atoms with Crippen LogP contribution in [0.25, 0.3) is 11.8 Å². The summed E-state index contributed by atoms with van der Waals surface area (Å²) in [5.74, 6) is 1.04. The molecule has 44 heavy (non-hydrogen) atoms. The summed E-state index contributed by atoms with van der Waals surface area (Å²) in [6.07, 6.45) is 3.62. The van der Waals surface area contributed by atoms with E-state index in [1.165, 1.54) is 34.6 Å². The van der Waals surface area contributed by atoms with Gasteiger partial charge in [-0.2, -0.15) is 0 Å². The highest BCUT2D eigenvalue weighted by atomic mass is 32.1. The maximum absolute atomic E-state index is 14.0. The predicted molar refractivity (Wildman–Crippen MR) is 170 cm³/mol. The van der Waals surface area contributed by atoms with Crippen LogP contribution in [0.5, 0.6) is 11.5 Å². The highest BCUT2D eigenvalue weighted by Crippen LogP contribution is 2.41. The summed E-state index contributed by atoms with van der Waals surface area (Å²) in [5.41, 5.74) is 7.17. The van der Waals surface area contributed by atoms with Gasteiger partial charge in [-0.05, 0) is 71.0 Å². The quantitative estimate of drug-likeness (QED) is 0.173. The molecule has 7 rings (SSSR count). The highest BCUT2D eigenvalue weighted by Gasteiger charge is 2.32. The number of hydrogen-bond donors (Lipinski definition) is 0. The van der Waals surface area contributed by atoms with Crippen LogP contribution in [0.4, 0.5) is 5.69 Å². The number of methoxy groups -OCH3 is 1. The minimum Gasteiger partial charge on any atom is -0.493 e. The molecule has 1 aliphatic heterocycles. The standard InChI is InChI=1S/C35H27N3O5S/c1-42-30-19-23(13-18-29(30)43-21-22-11-15-26(16-12-22)38(40)41)20-31-34(39)37-33(25-8-3-2-4-9-25)28-17-14-24-7-5-6-10-27(24)32(28)36-35(37)44-31/h2-13,15-16,18-20,33H,14,17,21H2,1H3/b31-20+/t33-/m1/s1. The molecule has 8 nitrogen and oxygen atoms in total. The molecule has 5 aromatic rings. The van der Waals surface area contributed by atoms with E-state index in [1.54, 1.807) is 25.3 Å². The Balaban J connectivity index is 1.25. The molecular weight excluding hydrogens is 574 g/mol. The Bertz CT molecular complexity index is 2110. The molecule has 0 unspecified atom stereocenters. The van der Waals surface area contributed by atoms with Gasteiger partial charge in [0, 0.05) is 17.7 Å². The Morgan fingerprint density at radius 1 is 0.977 bits per heavy atom. The maximum atomic E-state index is 14.0. The first-order chi connectivity index (χ1) is 21.5. The van der Waals surface area contributed by atoms with E-state index in [0.717, 1.165) is 40.8 Å². The van der Waals surface area contributed by atoms with Crippen molar-refractivity contribution in [2.45, 2.75) is 25.5 Å². The van der Waals surface area contributed by atoms with E-state index < -0.39 is 4.92 Å². The third-order valence-electron chi connectivity index (χ3n) is 8.02. The topological polar surface area (TPSA) is 96.0 Å². The van der Waals surface area contributed by atoms with Gasteiger partial charge in [-0.15, -0.1) is 0 Å². The largest absolute Gasteiger partial charge is 0.493 e. The Hall–Kier alpha value is -5.28. The molecule has 1 atom stereocenters. The number of benzene rings is 4. The zero-order valence-corrected chi connectivity index (χ0v) is 24.6. The average Bonchev–Trinajstić information content (AvgIpc) is 3.37. The van der Waals surface area contributed by atoms with Crippen molar-refractivity contribution in [2.75, 3.05) is 7.11 Å². The Kier molecular flexibility index (Phi) is 7.15. The molecule has 4 aromatic carbocycles. The number of nitrogens with zero attached hydrogens (tertiary/aromatic N) is 3. The van der Waals surface area contributed by atoms with Crippen molar-refractivity contribution >= 4 is 28.8 Å². The summed E-state index contributed by atoms with van der Waals surface area (Å²) in [6.45, 7) is 0.222. The number of aromatic nitrogens is 1. The number of rotatable bonds is 7. The van der Waals surface area contributed by atoms with Crippen LogP contribution in [0.1, 0.15) is 40.3 Å². The molecule has 0 radical (unpaired) electrons. The van der Waals surface area contributed by atoms with Crippen LogP contribution < -0.4 is 24.4 Å². The van der Waals surface area contributed by atoms with Gasteiger partial charge in [-0.25, -0.2) is 4.99 Å². The molecule has 0 N–H and O–H groups in total. The van der Waals surface area contributed by atoms with E-state index in [1.807, 2.05) is 47.0 Å². The summed E-state index contributed by atoms with van der Waals surface area (Å²) >= 11 is 1.39. The zero-order chi connectivity index (χ0) is 30.2. The number of nitro benzene ring substituents is 1. The number of thiazole rings is 1. The molecule has 218 valence electrons. The molecule has 9 heteroatoms. The van der Waals surface area contributed by atoms with Crippen LogP contribution in [0.3, 0.4) is 0 Å². The van der Waals surface area contributed by atoms with Crippen LogP contribution in [0.2, 0.25) is 0 Å². The number of aryl methyl sites for hydroxylation is 1. The molecule has 2 aliphatic rings. The van der Waals surface area contributed by atoms with E-state index >= 15 is 0 Å². The maximum Gasteiger partial charge on any atom is 0.271 e. The fourth-order valence-electron chi connectivity index (χ4n) is 5.88. The van der Waals surface area contributed by atoms with E-state index in [2.05, 4.69) is 30.3 Å². The number of non-ortho nitro benzene ring substituents is 1. The summed E-state index contributed by atoms with van der Waals surface area (Å²) in [5, 5.41) is 10.9. The number of nitro groups is 1. The lowest BCUT2D eigenvalue weighted by molar-refractivity contribution is -0.384. The minimum absolute atomic E-state index is 0.0287. The fourth-order valence-corrected chi connectivity index (χ4v) is 6.88. The zero-order valence-electron chi connectivity index (χ0n) is 23.8. The van der Waals surface area contributed by atoms with Crippen LogP contribution >= 0.6 is 11.3 Å². The van der Waals surface area contributed by atoms with Crippen LogP contribution in [0, 0.1) is 10.1 Å². The third kappa shape index (κ3) is 5.01. The number of hydrogen-bond acceptors (Lipinski definition) is 7. The van der Waals surface area contributed by atoms with Crippen LogP contribution in [-0.2, 0) is 13.0 Å². The van der Waals surface area contributed by atoms with Gasteiger partial charge in [-0.3, -0.25) is 19.5 Å². The van der Waals surface area contributed by atoms with Gasteiger partial charge in [0.05, 0.1) is 28.3 Å². The first kappa shape index (κ1) is 27.5. The molecule has 0 saturated heterocycles. The van der Waals surface area contributed by atoms with Crippen molar-refractivity contribution in [3.63, 3.8) is 0 Å². The SMILES string of the molecule is COc1cc(/C=c2/sc3n(c2=O)[C@H](c2ccccc2)C2=C(N=3)c3ccccc3CC2)ccc1OCc1ccc([N+](=O)[O-])cc1. The van der Waals surface area contributed by atoms with E-state index in [4.69, 9.17) is 14.5 Å². The third-order valence-corrected chi connectivity index (χ3v) is 9.00. The summed E-state index contributed by atoms with van der Waals surface area (Å²) in [4.78, 5) is 30.3. The number of allylic oxidation sites excluding steroid dienone is 1. The first-order valence-electron chi connectivity index (χ1n) is 14.2. The normalized spacial score (nSPS) is 15.6. The molecule has 0 spiro atoms. The lowest BCUT2D eigenvalue weighted by Crippen LogP contribution is -2.38. The summed E-state index contributed by atoms with van der Waals surface area (Å²) < 4.78 is 14.0. The molecular formula is C35H27N3O5S. The van der Waals surface area contributed by atoms with Gasteiger partial charge in [0.15, 0.2) is 16.3 Å². The second-order valence-electron chi connectivity index (χ2n) is 10.6. The van der Waals surface area contributed by atoms with Crippen LogP contribution in [-0.4, -0.2) is 16.6 Å². The second kappa shape index (κ2) is 11.4. The van der Waals surface area contributed by atoms with Gasteiger partial charge in [0.25, 0.3) is 11.2 Å². The van der Waals surface area contributed by atoms with Crippen molar-refractivity contribution in [2.24, 2.45) is 4.99 Å². The van der Waals surface area contributed by atoms with Crippen molar-refractivity contribution in [3.8, 4) is 11.5 Å². The Morgan fingerprint density at radius 3 is 2.52 bits per heavy atom. The Morgan fingerprint density at radius 2 is 1.75 bits per heavy atom. The number of ether oxygens (including phenoxy) is 2. The molecule has 0 saturated carbocycles. The fraction of sp³-hybridized carbons (Fsp3) is 0.143. The summed E-state index contributed by atoms with van der Waals surface area (Å²) in [7, 11) is 1.56. The summed E-state index contributed by atoms with van der Waals surface area (Å²) in [6, 6.07) is 30.1. The average molecular weight is 602 g/mol. The lowest BCUT2D eigenvalue weighted by Gasteiger charge is -2.30. The van der Waals surface area contributed by atoms with E-state index in [0.29, 0.717) is 20.8 Å². The van der Waals surface area contributed by atoms with Crippen molar-refractivity contribution in [3.05, 3.63) is 160 Å². The monoisotopic (exact) mass is 601 g/mol. The highest BCUT2D eigenvalue weighted by molar-refractivity contribution is 7.07. The van der Waals surface area contributed by atoms with Crippen molar-refractivity contribution in [1.29, 1.82) is 0 Å². The van der Waals surface area contributed by atoms with Gasteiger partial charge in [0.1, 0.15) is 6.61 Å². The molecule has 0 bridgehead atoms. The molecule has 0 fully saturated rings. The second-order valence-corrected chi connectivity index (χ2v) is 11.7. The van der Waals surface area contributed by atoms with Gasteiger partial charge < -0.3 is 9.47 Å². The molecule has 1 aliphatic carbocycles. The molecule has 0 amide bonds. The Labute approximate surface area is 256 Å². The van der Waals surface area contributed by atoms with E-state index in [-0.39, 0.29) is 23.9 Å². The van der Waals surface area contributed by atoms with Gasteiger partial charge in [0.2, 0.25) is 0 Å². The first-order valence-corrected chi connectivity index (χ1v) is 15.0. The van der Waals surface area contributed by atoms with Crippen molar-refractivity contribution in [1.82, 2.24) is 4.57 Å². The van der Waals surface area contributed by atoms with Crippen LogP contribution in [0.15, 0.2) is 112 Å². The van der Waals surface area contributed by atoms with Gasteiger partial charge in [-0.1, -0.05) is 72.0 Å².